The number of nitrogens with zero attached hydrogens (tertiary/aromatic N) is 3. The third-order valence-corrected chi connectivity index (χ3v) is 7.58. The summed E-state index contributed by atoms with van der Waals surface area (Å²) < 4.78 is 0. The summed E-state index contributed by atoms with van der Waals surface area (Å²) in [7, 11) is 0. The fourth-order valence-corrected chi connectivity index (χ4v) is 5.53. The Morgan fingerprint density at radius 2 is 1.64 bits per heavy atom. The number of nitrogens with one attached hydrogen (secondary N) is 1. The van der Waals surface area contributed by atoms with Crippen molar-refractivity contribution < 1.29 is 4.79 Å². The SMILES string of the molecule is CC1CCC(C)N1CCN1CCN(C(=O)C2CC23CCNCC3)CC1. The molecule has 5 nitrogen and oxygen atoms in total. The summed E-state index contributed by atoms with van der Waals surface area (Å²) in [5, 5.41) is 3.43. The molecule has 25 heavy (non-hydrogen) atoms. The number of amides is 1. The van der Waals surface area contributed by atoms with Gasteiger partial charge in [-0.05, 0) is 64.5 Å². The number of piperazine rings is 1. The summed E-state index contributed by atoms with van der Waals surface area (Å²) in [6, 6.07) is 1.49. The molecule has 0 radical (unpaired) electrons. The number of carbonyl (C=O) groups excluding carboxylic acids is 1. The van der Waals surface area contributed by atoms with Gasteiger partial charge in [-0.3, -0.25) is 14.6 Å². The number of rotatable bonds is 4. The molecule has 0 bridgehead atoms. The maximum atomic E-state index is 12.9. The van der Waals surface area contributed by atoms with Crippen LogP contribution in [0.5, 0.6) is 0 Å². The molecule has 4 fully saturated rings. The van der Waals surface area contributed by atoms with Crippen LogP contribution in [-0.4, -0.2) is 85.0 Å². The van der Waals surface area contributed by atoms with E-state index in [-0.39, 0.29) is 0 Å². The maximum absolute atomic E-state index is 12.9. The van der Waals surface area contributed by atoms with Gasteiger partial charge in [0.15, 0.2) is 0 Å². The molecule has 3 saturated heterocycles. The van der Waals surface area contributed by atoms with Crippen LogP contribution in [0.3, 0.4) is 0 Å². The Labute approximate surface area is 153 Å². The van der Waals surface area contributed by atoms with E-state index in [0.717, 1.165) is 64.3 Å². The van der Waals surface area contributed by atoms with Crippen molar-refractivity contribution in [3.63, 3.8) is 0 Å². The first-order valence-corrected chi connectivity index (χ1v) is 10.6. The highest BCUT2D eigenvalue weighted by molar-refractivity contribution is 5.82. The van der Waals surface area contributed by atoms with E-state index in [2.05, 4.69) is 33.9 Å². The van der Waals surface area contributed by atoms with Gasteiger partial charge in [0.1, 0.15) is 0 Å². The van der Waals surface area contributed by atoms with E-state index in [4.69, 9.17) is 0 Å². The lowest BCUT2D eigenvalue weighted by molar-refractivity contribution is -0.135. The Bertz CT molecular complexity index is 472. The summed E-state index contributed by atoms with van der Waals surface area (Å²) in [6.45, 7) is 13.3. The van der Waals surface area contributed by atoms with Gasteiger partial charge in [-0.2, -0.15) is 0 Å². The van der Waals surface area contributed by atoms with E-state index >= 15 is 0 Å². The minimum Gasteiger partial charge on any atom is -0.340 e. The summed E-state index contributed by atoms with van der Waals surface area (Å²) in [5.41, 5.74) is 0.376. The molecule has 1 aliphatic carbocycles. The van der Waals surface area contributed by atoms with Gasteiger partial charge in [-0.1, -0.05) is 0 Å². The summed E-state index contributed by atoms with van der Waals surface area (Å²) >= 11 is 0. The van der Waals surface area contributed by atoms with Crippen molar-refractivity contribution in [3.8, 4) is 0 Å². The highest BCUT2D eigenvalue weighted by Crippen LogP contribution is 2.59. The molecular weight excluding hydrogens is 312 g/mol. The Morgan fingerprint density at radius 3 is 2.28 bits per heavy atom. The number of piperidine rings is 1. The van der Waals surface area contributed by atoms with Crippen molar-refractivity contribution in [1.82, 2.24) is 20.0 Å². The quantitative estimate of drug-likeness (QED) is 0.833. The van der Waals surface area contributed by atoms with Gasteiger partial charge in [-0.25, -0.2) is 0 Å². The van der Waals surface area contributed by atoms with Gasteiger partial charge in [0.25, 0.3) is 0 Å². The fourth-order valence-electron chi connectivity index (χ4n) is 5.53. The Kier molecular flexibility index (Phi) is 5.09. The second-order valence-electron chi connectivity index (χ2n) is 9.05. The largest absolute Gasteiger partial charge is 0.340 e. The van der Waals surface area contributed by atoms with Gasteiger partial charge in [-0.15, -0.1) is 0 Å². The highest BCUT2D eigenvalue weighted by atomic mass is 16.2. The molecule has 1 spiro atoms. The lowest BCUT2D eigenvalue weighted by Gasteiger charge is -2.37. The van der Waals surface area contributed by atoms with Gasteiger partial charge < -0.3 is 10.2 Å². The van der Waals surface area contributed by atoms with Crippen molar-refractivity contribution in [2.45, 2.75) is 58.0 Å². The lowest BCUT2D eigenvalue weighted by atomic mass is 9.91. The van der Waals surface area contributed by atoms with E-state index in [9.17, 15) is 4.79 Å². The van der Waals surface area contributed by atoms with Crippen LogP contribution in [0.4, 0.5) is 0 Å². The molecule has 5 heteroatoms. The molecule has 142 valence electrons. The number of carbonyl (C=O) groups is 1. The van der Waals surface area contributed by atoms with Crippen LogP contribution in [0.1, 0.15) is 46.0 Å². The monoisotopic (exact) mass is 348 g/mol. The van der Waals surface area contributed by atoms with E-state index < -0.39 is 0 Å². The van der Waals surface area contributed by atoms with Crippen LogP contribution < -0.4 is 5.32 Å². The standard InChI is InChI=1S/C20H36N4O/c1-16-3-4-17(2)24(16)14-11-22-9-12-23(13-10-22)19(25)18-15-20(18)5-7-21-8-6-20/h16-18,21H,3-15H2,1-2H3. The smallest absolute Gasteiger partial charge is 0.226 e. The van der Waals surface area contributed by atoms with Gasteiger partial charge in [0.2, 0.25) is 5.91 Å². The first-order valence-electron chi connectivity index (χ1n) is 10.6. The van der Waals surface area contributed by atoms with Gasteiger partial charge in [0.05, 0.1) is 0 Å². The van der Waals surface area contributed by atoms with Crippen molar-refractivity contribution in [1.29, 1.82) is 0 Å². The molecular formula is C20H36N4O. The zero-order valence-corrected chi connectivity index (χ0v) is 16.2. The molecule has 3 atom stereocenters. The number of hydrogen-bond donors (Lipinski definition) is 1. The van der Waals surface area contributed by atoms with E-state index in [0.29, 0.717) is 17.2 Å². The lowest BCUT2D eigenvalue weighted by Crippen LogP contribution is -2.51. The van der Waals surface area contributed by atoms with Gasteiger partial charge in [0, 0.05) is 57.3 Å². The first kappa shape index (κ1) is 17.7. The second kappa shape index (κ2) is 7.16. The molecule has 0 aromatic heterocycles. The average molecular weight is 349 g/mol. The van der Waals surface area contributed by atoms with E-state index in [1.807, 2.05) is 0 Å². The molecule has 1 saturated carbocycles. The first-order chi connectivity index (χ1) is 12.1. The Balaban J connectivity index is 1.20. The van der Waals surface area contributed by atoms with Gasteiger partial charge >= 0.3 is 0 Å². The molecule has 4 aliphatic rings. The average Bonchev–Trinajstić information content (AvgIpc) is 3.22. The van der Waals surface area contributed by atoms with E-state index in [1.54, 1.807) is 0 Å². The predicted molar refractivity (Wildman–Crippen MR) is 101 cm³/mol. The molecule has 0 aromatic carbocycles. The molecule has 0 aromatic rings. The van der Waals surface area contributed by atoms with Crippen LogP contribution in [0.15, 0.2) is 0 Å². The molecule has 3 heterocycles. The van der Waals surface area contributed by atoms with Crippen LogP contribution in [0.25, 0.3) is 0 Å². The van der Waals surface area contributed by atoms with Crippen molar-refractivity contribution >= 4 is 5.91 Å². The molecule has 3 unspecified atom stereocenters. The van der Waals surface area contributed by atoms with Crippen LogP contribution in [0.2, 0.25) is 0 Å². The zero-order valence-electron chi connectivity index (χ0n) is 16.2. The summed E-state index contributed by atoms with van der Waals surface area (Å²) in [4.78, 5) is 20.3. The fraction of sp³-hybridized carbons (Fsp3) is 0.950. The normalized spacial score (nSPS) is 36.1. The second-order valence-corrected chi connectivity index (χ2v) is 9.05. The van der Waals surface area contributed by atoms with Crippen molar-refractivity contribution in [2.24, 2.45) is 11.3 Å². The minimum absolute atomic E-state index is 0.340. The topological polar surface area (TPSA) is 38.8 Å². The minimum atomic E-state index is 0.340. The van der Waals surface area contributed by atoms with Crippen LogP contribution in [-0.2, 0) is 4.79 Å². The van der Waals surface area contributed by atoms with Crippen molar-refractivity contribution in [3.05, 3.63) is 0 Å². The third-order valence-electron chi connectivity index (χ3n) is 7.58. The molecule has 1 N–H and O–H groups in total. The van der Waals surface area contributed by atoms with Crippen LogP contribution in [0, 0.1) is 11.3 Å². The zero-order chi connectivity index (χ0) is 17.4. The molecule has 3 aliphatic heterocycles. The predicted octanol–water partition coefficient (Wildman–Crippen LogP) is 1.39. The Hall–Kier alpha value is -0.650. The van der Waals surface area contributed by atoms with Crippen LogP contribution >= 0.6 is 0 Å². The maximum Gasteiger partial charge on any atom is 0.226 e. The summed E-state index contributed by atoms with van der Waals surface area (Å²) in [5.74, 6) is 0.802. The highest BCUT2D eigenvalue weighted by Gasteiger charge is 2.58. The number of likely N-dealkylation sites (tertiary alicyclic amines) is 1. The Morgan fingerprint density at radius 1 is 1.00 bits per heavy atom. The van der Waals surface area contributed by atoms with Crippen molar-refractivity contribution in [2.75, 3.05) is 52.4 Å². The summed E-state index contributed by atoms with van der Waals surface area (Å²) in [6.07, 6.45) is 6.26. The third kappa shape index (κ3) is 3.60. The van der Waals surface area contributed by atoms with E-state index in [1.165, 1.54) is 32.2 Å². The molecule has 4 rings (SSSR count). The number of hydrogen-bond acceptors (Lipinski definition) is 4. The molecule has 1 amide bonds.